The summed E-state index contributed by atoms with van der Waals surface area (Å²) in [7, 11) is 1.62. The summed E-state index contributed by atoms with van der Waals surface area (Å²) < 4.78 is 6.19. The number of ether oxygens (including phenoxy) is 1. The second kappa shape index (κ2) is 7.27. The Kier molecular flexibility index (Phi) is 5.39. The Morgan fingerprint density at radius 1 is 1.24 bits per heavy atom. The zero-order valence-corrected chi connectivity index (χ0v) is 13.7. The molecule has 0 unspecified atom stereocenters. The highest BCUT2D eigenvalue weighted by Gasteiger charge is 2.10. The van der Waals surface area contributed by atoms with Gasteiger partial charge in [0.2, 0.25) is 5.91 Å². The summed E-state index contributed by atoms with van der Waals surface area (Å²) >= 11 is 3.40. The summed E-state index contributed by atoms with van der Waals surface area (Å²) in [6.45, 7) is 1.98. The molecule has 2 aromatic carbocycles. The number of amides is 1. The molecule has 0 bridgehead atoms. The summed E-state index contributed by atoms with van der Waals surface area (Å²) in [5.74, 6) is 0.764. The Balaban J connectivity index is 1.96. The quantitative estimate of drug-likeness (QED) is 0.891. The Morgan fingerprint density at radius 2 is 1.95 bits per heavy atom. The van der Waals surface area contributed by atoms with Crippen LogP contribution in [0.15, 0.2) is 53.0 Å². The van der Waals surface area contributed by atoms with Gasteiger partial charge in [-0.1, -0.05) is 40.2 Å². The van der Waals surface area contributed by atoms with E-state index in [-0.39, 0.29) is 11.9 Å². The van der Waals surface area contributed by atoms with E-state index >= 15 is 0 Å². The van der Waals surface area contributed by atoms with Gasteiger partial charge in [-0.05, 0) is 42.3 Å². The first-order chi connectivity index (χ1) is 10.1. The third kappa shape index (κ3) is 4.60. The monoisotopic (exact) mass is 347 g/mol. The van der Waals surface area contributed by atoms with E-state index < -0.39 is 0 Å². The van der Waals surface area contributed by atoms with E-state index in [2.05, 4.69) is 21.2 Å². The van der Waals surface area contributed by atoms with Crippen molar-refractivity contribution in [2.75, 3.05) is 7.11 Å². The summed E-state index contributed by atoms with van der Waals surface area (Å²) in [5, 5.41) is 3.01. The van der Waals surface area contributed by atoms with Gasteiger partial charge in [0.1, 0.15) is 5.75 Å². The molecule has 0 spiro atoms. The van der Waals surface area contributed by atoms with Gasteiger partial charge < -0.3 is 10.1 Å². The highest BCUT2D eigenvalue weighted by atomic mass is 79.9. The lowest BCUT2D eigenvalue weighted by molar-refractivity contribution is -0.121. The molecule has 0 radical (unpaired) electrons. The summed E-state index contributed by atoms with van der Waals surface area (Å²) in [4.78, 5) is 12.1. The van der Waals surface area contributed by atoms with Crippen molar-refractivity contribution in [3.8, 4) is 5.75 Å². The van der Waals surface area contributed by atoms with E-state index in [9.17, 15) is 4.79 Å². The lowest BCUT2D eigenvalue weighted by Gasteiger charge is -2.14. The maximum absolute atomic E-state index is 12.1. The number of hydrogen-bond acceptors (Lipinski definition) is 2. The minimum Gasteiger partial charge on any atom is -0.497 e. The number of rotatable bonds is 5. The number of carbonyl (C=O) groups is 1. The van der Waals surface area contributed by atoms with Crippen molar-refractivity contribution in [2.24, 2.45) is 0 Å². The first-order valence-corrected chi connectivity index (χ1v) is 7.55. The van der Waals surface area contributed by atoms with Crippen LogP contribution < -0.4 is 10.1 Å². The lowest BCUT2D eigenvalue weighted by atomic mass is 10.1. The summed E-state index contributed by atoms with van der Waals surface area (Å²) in [5.41, 5.74) is 2.02. The fraction of sp³-hybridized carbons (Fsp3) is 0.235. The summed E-state index contributed by atoms with van der Waals surface area (Å²) in [6, 6.07) is 15.5. The molecule has 0 aliphatic carbocycles. The van der Waals surface area contributed by atoms with Crippen LogP contribution >= 0.6 is 15.9 Å². The van der Waals surface area contributed by atoms with Crippen LogP contribution in [0.2, 0.25) is 0 Å². The average molecular weight is 348 g/mol. The van der Waals surface area contributed by atoms with E-state index in [1.807, 2.05) is 55.5 Å². The molecule has 1 N–H and O–H groups in total. The van der Waals surface area contributed by atoms with Gasteiger partial charge in [-0.3, -0.25) is 4.79 Å². The summed E-state index contributed by atoms with van der Waals surface area (Å²) in [6.07, 6.45) is 0.345. The van der Waals surface area contributed by atoms with E-state index in [4.69, 9.17) is 4.74 Å². The van der Waals surface area contributed by atoms with Crippen LogP contribution in [0, 0.1) is 0 Å². The lowest BCUT2D eigenvalue weighted by Crippen LogP contribution is -2.28. The largest absolute Gasteiger partial charge is 0.497 e. The molecule has 0 fully saturated rings. The molecule has 0 saturated heterocycles. The first-order valence-electron chi connectivity index (χ1n) is 6.76. The smallest absolute Gasteiger partial charge is 0.224 e. The van der Waals surface area contributed by atoms with Crippen LogP contribution in [0.25, 0.3) is 0 Å². The van der Waals surface area contributed by atoms with Crippen molar-refractivity contribution in [3.63, 3.8) is 0 Å². The molecule has 21 heavy (non-hydrogen) atoms. The first kappa shape index (κ1) is 15.6. The van der Waals surface area contributed by atoms with Crippen molar-refractivity contribution >= 4 is 21.8 Å². The normalized spacial score (nSPS) is 11.8. The molecule has 3 nitrogen and oxygen atoms in total. The molecule has 1 amide bonds. The molecule has 0 aliphatic heterocycles. The van der Waals surface area contributed by atoms with Gasteiger partial charge in [-0.25, -0.2) is 0 Å². The molecule has 0 aliphatic rings. The third-order valence-corrected chi connectivity index (χ3v) is 3.77. The van der Waals surface area contributed by atoms with Gasteiger partial charge in [0.05, 0.1) is 19.6 Å². The molecule has 4 heteroatoms. The number of benzene rings is 2. The molecule has 1 atom stereocenters. The van der Waals surface area contributed by atoms with Crippen LogP contribution in [-0.2, 0) is 11.2 Å². The van der Waals surface area contributed by atoms with Crippen LogP contribution in [0.4, 0.5) is 0 Å². The second-order valence-electron chi connectivity index (χ2n) is 4.87. The minimum absolute atomic E-state index is 0.00123. The van der Waals surface area contributed by atoms with Crippen molar-refractivity contribution < 1.29 is 9.53 Å². The van der Waals surface area contributed by atoms with Gasteiger partial charge in [-0.15, -0.1) is 0 Å². The highest BCUT2D eigenvalue weighted by Crippen LogP contribution is 2.17. The topological polar surface area (TPSA) is 38.3 Å². The van der Waals surface area contributed by atoms with Gasteiger partial charge in [0.15, 0.2) is 0 Å². The van der Waals surface area contributed by atoms with E-state index in [0.717, 1.165) is 21.3 Å². The molecule has 2 rings (SSSR count). The van der Waals surface area contributed by atoms with E-state index in [0.29, 0.717) is 6.42 Å². The molecule has 0 saturated carbocycles. The second-order valence-corrected chi connectivity index (χ2v) is 5.78. The predicted octanol–water partition coefficient (Wildman–Crippen LogP) is 3.88. The highest BCUT2D eigenvalue weighted by molar-refractivity contribution is 9.10. The van der Waals surface area contributed by atoms with Crippen molar-refractivity contribution in [1.82, 2.24) is 5.32 Å². The van der Waals surface area contributed by atoms with Crippen molar-refractivity contribution in [3.05, 3.63) is 64.1 Å². The van der Waals surface area contributed by atoms with Crippen LogP contribution in [0.3, 0.4) is 0 Å². The average Bonchev–Trinajstić information content (AvgIpc) is 2.47. The van der Waals surface area contributed by atoms with E-state index in [1.165, 1.54) is 0 Å². The van der Waals surface area contributed by atoms with Crippen LogP contribution in [0.5, 0.6) is 5.75 Å². The van der Waals surface area contributed by atoms with Gasteiger partial charge in [0.25, 0.3) is 0 Å². The number of hydrogen-bond donors (Lipinski definition) is 1. The van der Waals surface area contributed by atoms with Gasteiger partial charge >= 0.3 is 0 Å². The maximum Gasteiger partial charge on any atom is 0.224 e. The Bertz CT molecular complexity index is 610. The molecule has 2 aromatic rings. The molecule has 0 aromatic heterocycles. The predicted molar refractivity (Wildman–Crippen MR) is 87.4 cm³/mol. The maximum atomic E-state index is 12.1. The number of nitrogens with one attached hydrogen (secondary N) is 1. The van der Waals surface area contributed by atoms with Crippen molar-refractivity contribution in [1.29, 1.82) is 0 Å². The SMILES string of the molecule is COc1cccc(CC(=O)N[C@@H](C)c2ccc(Br)cc2)c1. The van der Waals surface area contributed by atoms with Crippen molar-refractivity contribution in [2.45, 2.75) is 19.4 Å². The van der Waals surface area contributed by atoms with Gasteiger partial charge in [0, 0.05) is 4.47 Å². The zero-order valence-electron chi connectivity index (χ0n) is 12.1. The molecular formula is C17H18BrNO2. The van der Waals surface area contributed by atoms with Crippen LogP contribution in [-0.4, -0.2) is 13.0 Å². The standard InChI is InChI=1S/C17H18BrNO2/c1-12(14-6-8-15(18)9-7-14)19-17(20)11-13-4-3-5-16(10-13)21-2/h3-10,12H,11H2,1-2H3,(H,19,20)/t12-/m0/s1. The Labute approximate surface area is 133 Å². The molecule has 110 valence electrons. The Hall–Kier alpha value is -1.81. The Morgan fingerprint density at radius 3 is 2.62 bits per heavy atom. The zero-order chi connectivity index (χ0) is 15.2. The van der Waals surface area contributed by atoms with E-state index in [1.54, 1.807) is 7.11 Å². The fourth-order valence-electron chi connectivity index (χ4n) is 2.10. The minimum atomic E-state index is -0.0174. The number of methoxy groups -OCH3 is 1. The fourth-order valence-corrected chi connectivity index (χ4v) is 2.36. The molecule has 0 heterocycles. The molecular weight excluding hydrogens is 330 g/mol. The third-order valence-electron chi connectivity index (χ3n) is 3.25. The number of carbonyl (C=O) groups excluding carboxylic acids is 1. The number of halogens is 1. The van der Waals surface area contributed by atoms with Crippen LogP contribution in [0.1, 0.15) is 24.1 Å². The van der Waals surface area contributed by atoms with Gasteiger partial charge in [-0.2, -0.15) is 0 Å².